The first-order valence-electron chi connectivity index (χ1n) is 6.89. The summed E-state index contributed by atoms with van der Waals surface area (Å²) in [7, 11) is 1.95. The van der Waals surface area contributed by atoms with Crippen LogP contribution in [0.25, 0.3) is 0 Å². The molecule has 0 radical (unpaired) electrons. The number of aryl methyl sites for hydroxylation is 1. The first-order valence-corrected chi connectivity index (χ1v) is 6.89. The van der Waals surface area contributed by atoms with Crippen molar-refractivity contribution in [3.63, 3.8) is 0 Å². The highest BCUT2D eigenvalue weighted by Gasteiger charge is 2.24. The fourth-order valence-corrected chi connectivity index (χ4v) is 2.72. The molecule has 18 heavy (non-hydrogen) atoms. The molecule has 1 aromatic heterocycles. The Hall–Kier alpha value is -0.910. The molecule has 1 fully saturated rings. The fraction of sp³-hybridized carbons (Fsp3) is 0.769. The second-order valence-electron chi connectivity index (χ2n) is 5.08. The lowest BCUT2D eigenvalue weighted by Gasteiger charge is -2.38. The molecular weight excluding hydrogens is 226 g/mol. The van der Waals surface area contributed by atoms with Gasteiger partial charge in [0.2, 0.25) is 0 Å². The van der Waals surface area contributed by atoms with Crippen LogP contribution in [0.15, 0.2) is 12.4 Å². The maximum Gasteiger partial charge on any atom is 0.0538 e. The van der Waals surface area contributed by atoms with Crippen molar-refractivity contribution >= 4 is 0 Å². The summed E-state index contributed by atoms with van der Waals surface area (Å²) < 4.78 is 1.85. The van der Waals surface area contributed by atoms with Gasteiger partial charge in [-0.25, -0.2) is 0 Å². The first-order chi connectivity index (χ1) is 8.74. The average molecular weight is 251 g/mol. The smallest absolute Gasteiger partial charge is 0.0538 e. The topological polar surface area (TPSA) is 50.3 Å². The second kappa shape index (κ2) is 6.31. The van der Waals surface area contributed by atoms with Crippen LogP contribution >= 0.6 is 0 Å². The van der Waals surface area contributed by atoms with E-state index in [1.165, 1.54) is 18.5 Å². The highest BCUT2D eigenvalue weighted by molar-refractivity contribution is 5.11. The predicted octanol–water partition coefficient (Wildman–Crippen LogP) is 0.448. The summed E-state index contributed by atoms with van der Waals surface area (Å²) in [6, 6.07) is 0.322. The SMILES string of the molecule is CCCN1CCN(C(CN)c2cnn(C)c2)CC1. The van der Waals surface area contributed by atoms with E-state index in [1.807, 2.05) is 17.9 Å². The molecule has 0 aromatic carbocycles. The molecule has 1 aliphatic heterocycles. The van der Waals surface area contributed by atoms with E-state index in [-0.39, 0.29) is 0 Å². The molecule has 1 atom stereocenters. The van der Waals surface area contributed by atoms with Gasteiger partial charge in [0.25, 0.3) is 0 Å². The number of nitrogens with zero attached hydrogens (tertiary/aromatic N) is 4. The highest BCUT2D eigenvalue weighted by atomic mass is 15.3. The quantitative estimate of drug-likeness (QED) is 0.825. The minimum Gasteiger partial charge on any atom is -0.329 e. The van der Waals surface area contributed by atoms with Crippen molar-refractivity contribution in [2.24, 2.45) is 12.8 Å². The van der Waals surface area contributed by atoms with Crippen molar-refractivity contribution in [1.29, 1.82) is 0 Å². The fourth-order valence-electron chi connectivity index (χ4n) is 2.72. The Kier molecular flexibility index (Phi) is 4.74. The van der Waals surface area contributed by atoms with E-state index in [4.69, 9.17) is 5.73 Å². The van der Waals surface area contributed by atoms with Gasteiger partial charge in [0, 0.05) is 51.5 Å². The molecule has 2 rings (SSSR count). The van der Waals surface area contributed by atoms with Gasteiger partial charge in [-0.1, -0.05) is 6.92 Å². The van der Waals surface area contributed by atoms with Crippen LogP contribution in [0.1, 0.15) is 24.9 Å². The monoisotopic (exact) mass is 251 g/mol. The van der Waals surface area contributed by atoms with Gasteiger partial charge in [-0.05, 0) is 13.0 Å². The van der Waals surface area contributed by atoms with Crippen molar-refractivity contribution in [2.45, 2.75) is 19.4 Å². The van der Waals surface area contributed by atoms with Gasteiger partial charge in [-0.3, -0.25) is 9.58 Å². The third-order valence-corrected chi connectivity index (χ3v) is 3.72. The molecule has 0 bridgehead atoms. The number of nitrogens with two attached hydrogens (primary N) is 1. The van der Waals surface area contributed by atoms with Crippen LogP contribution in [0.5, 0.6) is 0 Å². The Bertz CT molecular complexity index is 354. The number of hydrogen-bond donors (Lipinski definition) is 1. The van der Waals surface area contributed by atoms with Crippen LogP contribution in [-0.4, -0.2) is 58.8 Å². The van der Waals surface area contributed by atoms with Gasteiger partial charge < -0.3 is 10.6 Å². The summed E-state index contributed by atoms with van der Waals surface area (Å²) >= 11 is 0. The minimum absolute atomic E-state index is 0.322. The number of aromatic nitrogens is 2. The van der Waals surface area contributed by atoms with E-state index < -0.39 is 0 Å². The van der Waals surface area contributed by atoms with Gasteiger partial charge in [0.15, 0.2) is 0 Å². The Labute approximate surface area is 110 Å². The van der Waals surface area contributed by atoms with E-state index >= 15 is 0 Å². The van der Waals surface area contributed by atoms with Crippen molar-refractivity contribution in [3.8, 4) is 0 Å². The molecule has 102 valence electrons. The zero-order valence-electron chi connectivity index (χ0n) is 11.5. The molecule has 0 saturated carbocycles. The predicted molar refractivity (Wildman–Crippen MR) is 73.3 cm³/mol. The maximum atomic E-state index is 5.95. The van der Waals surface area contributed by atoms with E-state index in [0.717, 1.165) is 26.2 Å². The Morgan fingerprint density at radius 3 is 2.56 bits per heavy atom. The van der Waals surface area contributed by atoms with Crippen LogP contribution in [-0.2, 0) is 7.05 Å². The molecule has 0 spiro atoms. The van der Waals surface area contributed by atoms with Crippen molar-refractivity contribution in [3.05, 3.63) is 18.0 Å². The van der Waals surface area contributed by atoms with Crippen molar-refractivity contribution in [2.75, 3.05) is 39.3 Å². The Morgan fingerprint density at radius 2 is 2.06 bits per heavy atom. The van der Waals surface area contributed by atoms with Crippen LogP contribution < -0.4 is 5.73 Å². The maximum absolute atomic E-state index is 5.95. The molecule has 1 saturated heterocycles. The lowest BCUT2D eigenvalue weighted by Crippen LogP contribution is -2.49. The highest BCUT2D eigenvalue weighted by Crippen LogP contribution is 2.20. The summed E-state index contributed by atoms with van der Waals surface area (Å²) in [6.45, 7) is 8.65. The van der Waals surface area contributed by atoms with E-state index in [0.29, 0.717) is 12.6 Å². The van der Waals surface area contributed by atoms with Gasteiger partial charge >= 0.3 is 0 Å². The summed E-state index contributed by atoms with van der Waals surface area (Å²) in [4.78, 5) is 5.02. The zero-order valence-corrected chi connectivity index (χ0v) is 11.5. The third kappa shape index (κ3) is 3.10. The lowest BCUT2D eigenvalue weighted by atomic mass is 10.1. The standard InChI is InChI=1S/C13H25N5/c1-3-4-17-5-7-18(8-6-17)13(9-14)12-10-15-16(2)11-12/h10-11,13H,3-9,14H2,1-2H3. The van der Waals surface area contributed by atoms with E-state index in [9.17, 15) is 0 Å². The summed E-state index contributed by atoms with van der Waals surface area (Å²) in [5, 5.41) is 4.25. The number of piperazine rings is 1. The molecule has 2 N–H and O–H groups in total. The molecule has 5 heteroatoms. The van der Waals surface area contributed by atoms with Gasteiger partial charge in [0.1, 0.15) is 0 Å². The van der Waals surface area contributed by atoms with Crippen molar-refractivity contribution < 1.29 is 0 Å². The minimum atomic E-state index is 0.322. The first kappa shape index (κ1) is 13.5. The molecular formula is C13H25N5. The van der Waals surface area contributed by atoms with Crippen LogP contribution in [0.3, 0.4) is 0 Å². The average Bonchev–Trinajstić information content (AvgIpc) is 2.79. The van der Waals surface area contributed by atoms with Gasteiger partial charge in [-0.15, -0.1) is 0 Å². The molecule has 0 aliphatic carbocycles. The molecule has 0 amide bonds. The molecule has 1 unspecified atom stereocenters. The summed E-state index contributed by atoms with van der Waals surface area (Å²) in [5.74, 6) is 0. The van der Waals surface area contributed by atoms with Crippen LogP contribution in [0, 0.1) is 0 Å². The zero-order chi connectivity index (χ0) is 13.0. The van der Waals surface area contributed by atoms with E-state index in [1.54, 1.807) is 0 Å². The molecule has 2 heterocycles. The van der Waals surface area contributed by atoms with E-state index in [2.05, 4.69) is 28.0 Å². The molecule has 5 nitrogen and oxygen atoms in total. The number of rotatable bonds is 5. The second-order valence-corrected chi connectivity index (χ2v) is 5.08. The third-order valence-electron chi connectivity index (χ3n) is 3.72. The molecule has 1 aliphatic rings. The van der Waals surface area contributed by atoms with Crippen LogP contribution in [0.2, 0.25) is 0 Å². The summed E-state index contributed by atoms with van der Waals surface area (Å²) in [6.07, 6.45) is 5.26. The Balaban J connectivity index is 1.94. The Morgan fingerprint density at radius 1 is 1.33 bits per heavy atom. The van der Waals surface area contributed by atoms with Crippen LogP contribution in [0.4, 0.5) is 0 Å². The molecule has 1 aromatic rings. The lowest BCUT2D eigenvalue weighted by molar-refractivity contribution is 0.0985. The summed E-state index contributed by atoms with van der Waals surface area (Å²) in [5.41, 5.74) is 7.19. The number of hydrogen-bond acceptors (Lipinski definition) is 4. The van der Waals surface area contributed by atoms with Gasteiger partial charge in [-0.2, -0.15) is 5.10 Å². The normalized spacial score (nSPS) is 20.2. The van der Waals surface area contributed by atoms with Gasteiger partial charge in [0.05, 0.1) is 12.2 Å². The largest absolute Gasteiger partial charge is 0.329 e. The van der Waals surface area contributed by atoms with Crippen molar-refractivity contribution in [1.82, 2.24) is 19.6 Å².